The van der Waals surface area contributed by atoms with Crippen LogP contribution in [-0.2, 0) is 16.1 Å². The summed E-state index contributed by atoms with van der Waals surface area (Å²) >= 11 is 0. The Bertz CT molecular complexity index is 1040. The molecule has 2 fully saturated rings. The first-order chi connectivity index (χ1) is 14.7. The van der Waals surface area contributed by atoms with Crippen molar-refractivity contribution in [1.29, 1.82) is 0 Å². The van der Waals surface area contributed by atoms with Gasteiger partial charge in [-0.1, -0.05) is 54.6 Å². The van der Waals surface area contributed by atoms with Crippen molar-refractivity contribution in [1.82, 2.24) is 9.88 Å². The minimum atomic E-state index is -0.299. The first-order valence-electron chi connectivity index (χ1n) is 10.7. The molecule has 1 aromatic heterocycles. The fourth-order valence-electron chi connectivity index (χ4n) is 4.60. The van der Waals surface area contributed by atoms with Crippen LogP contribution in [0.1, 0.15) is 35.3 Å². The molecule has 2 aliphatic heterocycles. The Kier molecular flexibility index (Phi) is 5.23. The molecular weight excluding hydrogens is 376 g/mol. The van der Waals surface area contributed by atoms with Gasteiger partial charge >= 0.3 is 0 Å². The molecule has 30 heavy (non-hydrogen) atoms. The van der Waals surface area contributed by atoms with E-state index < -0.39 is 0 Å². The van der Waals surface area contributed by atoms with Crippen molar-refractivity contribution in [3.8, 4) is 0 Å². The van der Waals surface area contributed by atoms with E-state index >= 15 is 0 Å². The minimum absolute atomic E-state index is 0.0166. The van der Waals surface area contributed by atoms with E-state index in [1.54, 1.807) is 0 Å². The first kappa shape index (κ1) is 19.2. The van der Waals surface area contributed by atoms with Crippen molar-refractivity contribution in [2.75, 3.05) is 19.7 Å². The molecule has 1 amide bonds. The first-order valence-corrected chi connectivity index (χ1v) is 10.7. The van der Waals surface area contributed by atoms with E-state index in [4.69, 9.17) is 9.47 Å². The summed E-state index contributed by atoms with van der Waals surface area (Å²) in [4.78, 5) is 19.6. The van der Waals surface area contributed by atoms with Crippen LogP contribution in [0, 0.1) is 0 Å². The van der Waals surface area contributed by atoms with Gasteiger partial charge in [0.2, 0.25) is 0 Å². The van der Waals surface area contributed by atoms with E-state index in [-0.39, 0.29) is 17.6 Å². The van der Waals surface area contributed by atoms with Crippen LogP contribution in [0.15, 0.2) is 66.7 Å². The van der Waals surface area contributed by atoms with Gasteiger partial charge in [0.05, 0.1) is 37.0 Å². The Morgan fingerprint density at radius 3 is 2.83 bits per heavy atom. The molecule has 0 bridgehead atoms. The van der Waals surface area contributed by atoms with E-state index in [1.165, 1.54) is 5.56 Å². The summed E-state index contributed by atoms with van der Waals surface area (Å²) in [7, 11) is 0. The molecule has 0 aliphatic carbocycles. The lowest BCUT2D eigenvalue weighted by atomic mass is 9.89. The maximum atomic E-state index is 13.2. The van der Waals surface area contributed by atoms with Crippen molar-refractivity contribution in [2.24, 2.45) is 0 Å². The number of pyridine rings is 1. The zero-order valence-corrected chi connectivity index (χ0v) is 17.0. The summed E-state index contributed by atoms with van der Waals surface area (Å²) in [5, 5.41) is 1.04. The zero-order chi connectivity index (χ0) is 20.4. The Labute approximate surface area is 176 Å². The van der Waals surface area contributed by atoms with E-state index in [0.29, 0.717) is 25.5 Å². The highest BCUT2D eigenvalue weighted by molar-refractivity contribution is 5.95. The van der Waals surface area contributed by atoms with Gasteiger partial charge in [0.25, 0.3) is 5.91 Å². The summed E-state index contributed by atoms with van der Waals surface area (Å²) in [5.74, 6) is -0.0166. The highest BCUT2D eigenvalue weighted by Gasteiger charge is 2.45. The van der Waals surface area contributed by atoms with Gasteiger partial charge in [0.1, 0.15) is 5.69 Å². The number of benzene rings is 2. The molecule has 3 aromatic rings. The number of hydrogen-bond acceptors (Lipinski definition) is 4. The van der Waals surface area contributed by atoms with Gasteiger partial charge in [-0.3, -0.25) is 4.79 Å². The van der Waals surface area contributed by atoms with Gasteiger partial charge in [0, 0.05) is 18.4 Å². The topological polar surface area (TPSA) is 51.7 Å². The number of carbonyl (C=O) groups is 1. The second kappa shape index (κ2) is 8.17. The van der Waals surface area contributed by atoms with E-state index in [0.717, 1.165) is 36.7 Å². The van der Waals surface area contributed by atoms with Crippen LogP contribution in [0.25, 0.3) is 10.9 Å². The van der Waals surface area contributed by atoms with Gasteiger partial charge in [0.15, 0.2) is 0 Å². The molecule has 5 heteroatoms. The summed E-state index contributed by atoms with van der Waals surface area (Å²) in [6.07, 6.45) is 2.80. The number of ether oxygens (including phenoxy) is 2. The standard InChI is InChI=1S/C25H26N2O3/c28-24(23-12-11-20-9-4-5-10-22(20)26-23)27-14-6-13-25(18-27)15-21(17-30-25)29-16-19-7-2-1-3-8-19/h1-5,7-12,21H,6,13-18H2. The quantitative estimate of drug-likeness (QED) is 0.656. The number of para-hydroxylation sites is 1. The molecular formula is C25H26N2O3. The number of amides is 1. The largest absolute Gasteiger partial charge is 0.371 e. The Balaban J connectivity index is 1.24. The Hall–Kier alpha value is -2.76. The number of piperidine rings is 1. The normalized spacial score (nSPS) is 23.9. The molecule has 0 radical (unpaired) electrons. The number of nitrogens with zero attached hydrogens (tertiary/aromatic N) is 2. The second-order valence-corrected chi connectivity index (χ2v) is 8.34. The average molecular weight is 402 g/mol. The minimum Gasteiger partial charge on any atom is -0.371 e. The Morgan fingerprint density at radius 1 is 1.10 bits per heavy atom. The number of fused-ring (bicyclic) bond motifs is 1. The highest BCUT2D eigenvalue weighted by atomic mass is 16.6. The number of rotatable bonds is 4. The lowest BCUT2D eigenvalue weighted by Gasteiger charge is -2.39. The summed E-state index contributed by atoms with van der Waals surface area (Å²) in [6, 6.07) is 21.9. The zero-order valence-electron chi connectivity index (χ0n) is 17.0. The van der Waals surface area contributed by atoms with Crippen LogP contribution in [-0.4, -0.2) is 47.2 Å². The van der Waals surface area contributed by atoms with Crippen molar-refractivity contribution < 1.29 is 14.3 Å². The van der Waals surface area contributed by atoms with E-state index in [1.807, 2.05) is 59.5 Å². The Morgan fingerprint density at radius 2 is 1.93 bits per heavy atom. The van der Waals surface area contributed by atoms with Crippen LogP contribution >= 0.6 is 0 Å². The molecule has 2 atom stereocenters. The molecule has 5 nitrogen and oxygen atoms in total. The van der Waals surface area contributed by atoms with Crippen molar-refractivity contribution >= 4 is 16.8 Å². The van der Waals surface area contributed by atoms with E-state index in [2.05, 4.69) is 17.1 Å². The maximum absolute atomic E-state index is 13.2. The van der Waals surface area contributed by atoms with Gasteiger partial charge in [-0.2, -0.15) is 0 Å². The van der Waals surface area contributed by atoms with E-state index in [9.17, 15) is 4.79 Å². The van der Waals surface area contributed by atoms with Crippen LogP contribution in [0.4, 0.5) is 0 Å². The molecule has 5 rings (SSSR count). The summed E-state index contributed by atoms with van der Waals surface area (Å²) in [6.45, 7) is 2.53. The maximum Gasteiger partial charge on any atom is 0.272 e. The molecule has 0 N–H and O–H groups in total. The van der Waals surface area contributed by atoms with Gasteiger partial charge < -0.3 is 14.4 Å². The average Bonchev–Trinajstić information content (AvgIpc) is 3.19. The third-order valence-electron chi connectivity index (χ3n) is 6.15. The van der Waals surface area contributed by atoms with Crippen LogP contribution in [0.3, 0.4) is 0 Å². The molecule has 2 unspecified atom stereocenters. The van der Waals surface area contributed by atoms with Crippen molar-refractivity contribution in [2.45, 2.75) is 37.6 Å². The second-order valence-electron chi connectivity index (χ2n) is 8.34. The molecule has 154 valence electrons. The third kappa shape index (κ3) is 3.95. The lowest BCUT2D eigenvalue weighted by Crippen LogP contribution is -2.50. The molecule has 0 saturated carbocycles. The molecule has 1 spiro atoms. The number of carbonyl (C=O) groups excluding carboxylic acids is 1. The van der Waals surface area contributed by atoms with Gasteiger partial charge in [-0.25, -0.2) is 4.98 Å². The lowest BCUT2D eigenvalue weighted by molar-refractivity contribution is -0.0467. The number of hydrogen-bond donors (Lipinski definition) is 0. The predicted octanol–water partition coefficient (Wildman–Crippen LogP) is 4.22. The highest BCUT2D eigenvalue weighted by Crippen LogP contribution is 2.36. The molecule has 2 saturated heterocycles. The van der Waals surface area contributed by atoms with Crippen LogP contribution < -0.4 is 0 Å². The van der Waals surface area contributed by atoms with Gasteiger partial charge in [-0.05, 0) is 30.5 Å². The van der Waals surface area contributed by atoms with Crippen molar-refractivity contribution in [3.05, 3.63) is 78.0 Å². The summed E-state index contributed by atoms with van der Waals surface area (Å²) < 4.78 is 12.3. The molecule has 2 aliphatic rings. The number of aromatic nitrogens is 1. The SMILES string of the molecule is O=C(c1ccc2ccccc2n1)N1CCCC2(CC(OCc3ccccc3)CO2)C1. The molecule has 2 aromatic carbocycles. The van der Waals surface area contributed by atoms with Crippen molar-refractivity contribution in [3.63, 3.8) is 0 Å². The monoisotopic (exact) mass is 402 g/mol. The summed E-state index contributed by atoms with van der Waals surface area (Å²) in [5.41, 5.74) is 2.22. The smallest absolute Gasteiger partial charge is 0.272 e. The fourth-order valence-corrected chi connectivity index (χ4v) is 4.60. The van der Waals surface area contributed by atoms with Gasteiger partial charge in [-0.15, -0.1) is 0 Å². The predicted molar refractivity (Wildman–Crippen MR) is 115 cm³/mol. The number of likely N-dealkylation sites (tertiary alicyclic amines) is 1. The third-order valence-corrected chi connectivity index (χ3v) is 6.15. The fraction of sp³-hybridized carbons (Fsp3) is 0.360. The van der Waals surface area contributed by atoms with Crippen LogP contribution in [0.2, 0.25) is 0 Å². The molecule has 3 heterocycles. The van der Waals surface area contributed by atoms with Crippen LogP contribution in [0.5, 0.6) is 0 Å².